The SMILES string of the molecule is Cc1cc(C)c(B(c2cc(C#Cc3ccccc3Br)c(B(c3c(C)cc(C)cc3C)c3c(C)cc(C)cc3C)cc2C#Cc2ccccc2Br)c2c(C)cc(C)cc2C)c(C)c1. The molecule has 0 saturated carbocycles. The van der Waals surface area contributed by atoms with Gasteiger partial charge in [-0.2, -0.15) is 0 Å². The molecule has 0 nitrogen and oxygen atoms in total. The summed E-state index contributed by atoms with van der Waals surface area (Å²) in [4.78, 5) is 0. The van der Waals surface area contributed by atoms with Gasteiger partial charge in [-0.05, 0) is 139 Å². The van der Waals surface area contributed by atoms with E-state index in [4.69, 9.17) is 0 Å². The highest BCUT2D eigenvalue weighted by Gasteiger charge is 2.35. The molecule has 0 heterocycles. The van der Waals surface area contributed by atoms with Gasteiger partial charge in [0.1, 0.15) is 0 Å². The predicted octanol–water partition coefficient (Wildman–Crippen LogP) is 10.7. The number of aryl methyl sites for hydroxylation is 12. The third-order valence-corrected chi connectivity index (χ3v) is 13.7. The quantitative estimate of drug-likeness (QED) is 0.115. The third-order valence-electron chi connectivity index (χ3n) is 12.4. The summed E-state index contributed by atoms with van der Waals surface area (Å²) in [5, 5.41) is 0. The lowest BCUT2D eigenvalue weighted by Gasteiger charge is -2.28. The molecule has 0 aliphatic heterocycles. The Balaban J connectivity index is 1.71. The fraction of sp³-hybridized carbons (Fsp3) is 0.207. The summed E-state index contributed by atoms with van der Waals surface area (Å²) in [6.45, 7) is 26.8. The molecule has 4 heteroatoms. The van der Waals surface area contributed by atoms with Crippen LogP contribution in [0.5, 0.6) is 0 Å². The predicted molar refractivity (Wildman–Crippen MR) is 279 cm³/mol. The van der Waals surface area contributed by atoms with Gasteiger partial charge in [0.2, 0.25) is 13.4 Å². The van der Waals surface area contributed by atoms with Gasteiger partial charge in [-0.15, -0.1) is 0 Å². The second kappa shape index (κ2) is 18.6. The lowest BCUT2D eigenvalue weighted by atomic mass is 9.31. The molecule has 306 valence electrons. The molecule has 0 N–H and O–H groups in total. The van der Waals surface area contributed by atoms with Crippen LogP contribution in [0.3, 0.4) is 0 Å². The average molecular weight is 933 g/mol. The summed E-state index contributed by atoms with van der Waals surface area (Å²) in [6.07, 6.45) is 0. The molecular weight excluding hydrogens is 878 g/mol. The summed E-state index contributed by atoms with van der Waals surface area (Å²) < 4.78 is 1.96. The van der Waals surface area contributed by atoms with Crippen LogP contribution in [0.2, 0.25) is 0 Å². The minimum absolute atomic E-state index is 0.109. The first kappa shape index (κ1) is 44.8. The van der Waals surface area contributed by atoms with E-state index < -0.39 is 0 Å². The summed E-state index contributed by atoms with van der Waals surface area (Å²) in [5.74, 6) is 15.0. The van der Waals surface area contributed by atoms with Crippen molar-refractivity contribution in [2.45, 2.75) is 83.1 Å². The van der Waals surface area contributed by atoms with Crippen LogP contribution in [0.25, 0.3) is 0 Å². The second-order valence-corrected chi connectivity index (χ2v) is 19.3. The van der Waals surface area contributed by atoms with E-state index in [0.29, 0.717) is 0 Å². The van der Waals surface area contributed by atoms with Gasteiger partial charge in [0.25, 0.3) is 0 Å². The van der Waals surface area contributed by atoms with Gasteiger partial charge in [-0.3, -0.25) is 0 Å². The molecule has 0 spiro atoms. The van der Waals surface area contributed by atoms with Crippen LogP contribution in [0, 0.1) is 107 Å². The Bertz CT molecular complexity index is 2620. The van der Waals surface area contributed by atoms with E-state index in [1.807, 2.05) is 12.1 Å². The Kier molecular flexibility index (Phi) is 13.4. The smallest absolute Gasteiger partial charge is 0.0628 e. The van der Waals surface area contributed by atoms with Gasteiger partial charge in [-0.1, -0.05) is 208 Å². The summed E-state index contributed by atoms with van der Waals surface area (Å²) >= 11 is 7.64. The molecule has 0 aliphatic rings. The Labute approximate surface area is 389 Å². The van der Waals surface area contributed by atoms with Crippen LogP contribution in [-0.4, -0.2) is 13.4 Å². The lowest BCUT2D eigenvalue weighted by molar-refractivity contribution is 1.33. The molecule has 0 bridgehead atoms. The zero-order chi connectivity index (χ0) is 44.6. The first-order valence-electron chi connectivity index (χ1n) is 21.5. The second-order valence-electron chi connectivity index (χ2n) is 17.6. The Morgan fingerprint density at radius 2 is 0.532 bits per heavy atom. The van der Waals surface area contributed by atoms with Crippen LogP contribution >= 0.6 is 31.9 Å². The number of hydrogen-bond donors (Lipinski definition) is 0. The minimum atomic E-state index is -0.109. The van der Waals surface area contributed by atoms with Crippen molar-refractivity contribution < 1.29 is 0 Å². The summed E-state index contributed by atoms with van der Waals surface area (Å²) in [5.41, 5.74) is 26.7. The highest BCUT2D eigenvalue weighted by molar-refractivity contribution is 9.10. The molecule has 0 radical (unpaired) electrons. The van der Waals surface area contributed by atoms with Crippen molar-refractivity contribution in [2.75, 3.05) is 0 Å². The maximum atomic E-state index is 3.84. The number of rotatable bonds is 6. The van der Waals surface area contributed by atoms with Gasteiger partial charge in [0.15, 0.2) is 0 Å². The molecule has 0 aliphatic carbocycles. The van der Waals surface area contributed by atoms with Crippen molar-refractivity contribution >= 4 is 78.1 Å². The first-order chi connectivity index (χ1) is 29.5. The summed E-state index contributed by atoms with van der Waals surface area (Å²) in [6, 6.07) is 40.1. The number of halogens is 2. The van der Waals surface area contributed by atoms with Crippen molar-refractivity contribution in [1.82, 2.24) is 0 Å². The van der Waals surface area contributed by atoms with Crippen molar-refractivity contribution in [3.05, 3.63) is 207 Å². The van der Waals surface area contributed by atoms with Crippen LogP contribution in [0.15, 0.2) is 118 Å². The van der Waals surface area contributed by atoms with Gasteiger partial charge in [0.05, 0.1) is 0 Å². The van der Waals surface area contributed by atoms with E-state index in [9.17, 15) is 0 Å². The monoisotopic (exact) mass is 930 g/mol. The van der Waals surface area contributed by atoms with E-state index in [1.54, 1.807) is 0 Å². The number of benzene rings is 7. The fourth-order valence-corrected chi connectivity index (χ4v) is 11.0. The highest BCUT2D eigenvalue weighted by atomic mass is 79.9. The number of hydrogen-bond acceptors (Lipinski definition) is 0. The highest BCUT2D eigenvalue weighted by Crippen LogP contribution is 2.20. The third kappa shape index (κ3) is 9.25. The van der Waals surface area contributed by atoms with Crippen LogP contribution in [-0.2, 0) is 0 Å². The normalized spacial score (nSPS) is 10.8. The lowest BCUT2D eigenvalue weighted by Crippen LogP contribution is -2.59. The van der Waals surface area contributed by atoms with Crippen molar-refractivity contribution in [1.29, 1.82) is 0 Å². The molecule has 0 aromatic heterocycles. The minimum Gasteiger partial charge on any atom is -0.0628 e. The Morgan fingerprint density at radius 3 is 0.774 bits per heavy atom. The van der Waals surface area contributed by atoms with Crippen LogP contribution in [0.1, 0.15) is 89.0 Å². The van der Waals surface area contributed by atoms with Gasteiger partial charge in [0, 0.05) is 31.2 Å². The zero-order valence-corrected chi connectivity index (χ0v) is 41.5. The fourth-order valence-electron chi connectivity index (χ4n) is 10.2. The molecule has 7 aromatic carbocycles. The Morgan fingerprint density at radius 1 is 0.306 bits per heavy atom. The van der Waals surface area contributed by atoms with Gasteiger partial charge < -0.3 is 0 Å². The molecule has 0 amide bonds. The van der Waals surface area contributed by atoms with Crippen molar-refractivity contribution in [3.8, 4) is 23.7 Å². The van der Waals surface area contributed by atoms with E-state index in [0.717, 1.165) is 42.1 Å². The van der Waals surface area contributed by atoms with E-state index >= 15 is 0 Å². The maximum Gasteiger partial charge on any atom is 0.244 e. The molecule has 0 saturated heterocycles. The zero-order valence-electron chi connectivity index (χ0n) is 38.3. The van der Waals surface area contributed by atoms with E-state index in [-0.39, 0.29) is 13.4 Å². The topological polar surface area (TPSA) is 0 Å². The van der Waals surface area contributed by atoms with E-state index in [1.165, 1.54) is 88.6 Å². The van der Waals surface area contributed by atoms with Crippen LogP contribution in [0.4, 0.5) is 0 Å². The molecular formula is C58H54B2Br2. The molecule has 7 aromatic rings. The Hall–Kier alpha value is -5.25. The standard InChI is InChI=1S/C58H54B2Br2/c1-35-25-39(5)55(40(6)26-35)59(56-41(7)27-36(2)28-42(56)8)51-33-50(24-22-48-18-14-16-20-54(48)62)52(34-49(51)23-21-47-17-13-15-19-53(47)61)60(57-43(9)29-37(3)30-44(57)10)58-45(11)31-38(4)32-46(58)12/h13-20,25-34H,1-12H3. The average Bonchev–Trinajstić information content (AvgIpc) is 3.17. The van der Waals surface area contributed by atoms with Gasteiger partial charge in [-0.25, -0.2) is 0 Å². The van der Waals surface area contributed by atoms with Crippen molar-refractivity contribution in [3.63, 3.8) is 0 Å². The maximum absolute atomic E-state index is 3.84. The van der Waals surface area contributed by atoms with Gasteiger partial charge >= 0.3 is 0 Å². The molecule has 0 atom stereocenters. The van der Waals surface area contributed by atoms with E-state index in [2.05, 4.69) is 236 Å². The van der Waals surface area contributed by atoms with Crippen molar-refractivity contribution in [2.24, 2.45) is 0 Å². The molecule has 0 unspecified atom stereocenters. The molecule has 7 rings (SSSR count). The van der Waals surface area contributed by atoms with Crippen LogP contribution < -0.4 is 32.8 Å². The summed E-state index contributed by atoms with van der Waals surface area (Å²) in [7, 11) is 0. The first-order valence-corrected chi connectivity index (χ1v) is 23.1. The molecule has 0 fully saturated rings. The molecule has 62 heavy (non-hydrogen) atoms. The largest absolute Gasteiger partial charge is 0.244 e.